The van der Waals surface area contributed by atoms with E-state index in [1.807, 2.05) is 23.1 Å². The Kier molecular flexibility index (Phi) is 3.57. The third-order valence-electron chi connectivity index (χ3n) is 3.09. The van der Waals surface area contributed by atoms with E-state index in [2.05, 4.69) is 17.9 Å². The van der Waals surface area contributed by atoms with Gasteiger partial charge in [-0.1, -0.05) is 30.3 Å². The van der Waals surface area contributed by atoms with Crippen LogP contribution in [0, 0.1) is 0 Å². The summed E-state index contributed by atoms with van der Waals surface area (Å²) in [5.74, 6) is 0.210. The lowest BCUT2D eigenvalue weighted by Gasteiger charge is -2.17. The van der Waals surface area contributed by atoms with Crippen LogP contribution in [0.2, 0.25) is 0 Å². The number of quaternary nitrogens is 1. The number of benzene rings is 1. The highest BCUT2D eigenvalue weighted by molar-refractivity contribution is 5.80. The van der Waals surface area contributed by atoms with Gasteiger partial charge in [0, 0.05) is 19.5 Å². The van der Waals surface area contributed by atoms with Crippen LogP contribution in [-0.4, -0.2) is 29.9 Å². The first-order valence-corrected chi connectivity index (χ1v) is 5.93. The van der Waals surface area contributed by atoms with Gasteiger partial charge in [0.1, 0.15) is 0 Å². The second-order valence-corrected chi connectivity index (χ2v) is 4.42. The average molecular weight is 219 g/mol. The summed E-state index contributed by atoms with van der Waals surface area (Å²) in [5.41, 5.74) is 5.18. The summed E-state index contributed by atoms with van der Waals surface area (Å²) in [5, 5.41) is 0. The van der Waals surface area contributed by atoms with Crippen LogP contribution in [-0.2, 0) is 11.2 Å². The molecule has 3 N–H and O–H groups in total. The van der Waals surface area contributed by atoms with Gasteiger partial charge in [-0.25, -0.2) is 0 Å². The Labute approximate surface area is 96.2 Å². The number of carbonyl (C=O) groups is 1. The molecule has 3 nitrogen and oxygen atoms in total. The van der Waals surface area contributed by atoms with Gasteiger partial charge in [-0.15, -0.1) is 0 Å². The van der Waals surface area contributed by atoms with Crippen molar-refractivity contribution in [2.45, 2.75) is 25.3 Å². The Morgan fingerprint density at radius 1 is 1.25 bits per heavy atom. The second-order valence-electron chi connectivity index (χ2n) is 4.42. The first-order valence-electron chi connectivity index (χ1n) is 5.93. The van der Waals surface area contributed by atoms with Crippen LogP contribution in [0.1, 0.15) is 18.4 Å². The summed E-state index contributed by atoms with van der Waals surface area (Å²) in [6.45, 7) is 1.83. The minimum absolute atomic E-state index is 0.138. The fraction of sp³-hybridized carbons (Fsp3) is 0.462. The van der Waals surface area contributed by atoms with Crippen molar-refractivity contribution in [3.63, 3.8) is 0 Å². The Balaban J connectivity index is 1.92. The van der Waals surface area contributed by atoms with Crippen molar-refractivity contribution in [2.24, 2.45) is 0 Å². The predicted octanol–water partition coefficient (Wildman–Crippen LogP) is 0.462. The molecule has 0 unspecified atom stereocenters. The van der Waals surface area contributed by atoms with Crippen LogP contribution in [0.5, 0.6) is 0 Å². The van der Waals surface area contributed by atoms with Crippen molar-refractivity contribution in [3.05, 3.63) is 35.9 Å². The molecule has 0 saturated carbocycles. The highest BCUT2D eigenvalue weighted by atomic mass is 16.2. The van der Waals surface area contributed by atoms with E-state index in [-0.39, 0.29) is 11.9 Å². The molecule has 86 valence electrons. The topological polar surface area (TPSA) is 48.0 Å². The third kappa shape index (κ3) is 2.61. The van der Waals surface area contributed by atoms with Crippen molar-refractivity contribution in [1.29, 1.82) is 0 Å². The molecular weight excluding hydrogens is 200 g/mol. The van der Waals surface area contributed by atoms with E-state index < -0.39 is 0 Å². The molecule has 1 fully saturated rings. The SMILES string of the molecule is [NH3+][C@@H](Cc1ccccc1)C(=O)N1CCCC1. The molecule has 1 saturated heterocycles. The lowest BCUT2D eigenvalue weighted by atomic mass is 10.1. The van der Waals surface area contributed by atoms with E-state index >= 15 is 0 Å². The molecule has 0 aromatic heterocycles. The Hall–Kier alpha value is -1.35. The Bertz CT molecular complexity index is 344. The molecule has 0 bridgehead atoms. The minimum atomic E-state index is -0.138. The molecule has 1 aromatic carbocycles. The zero-order chi connectivity index (χ0) is 11.4. The van der Waals surface area contributed by atoms with Crippen LogP contribution in [0.3, 0.4) is 0 Å². The highest BCUT2D eigenvalue weighted by Crippen LogP contribution is 2.10. The van der Waals surface area contributed by atoms with Gasteiger partial charge in [0.05, 0.1) is 0 Å². The van der Waals surface area contributed by atoms with E-state index in [0.29, 0.717) is 0 Å². The summed E-state index contributed by atoms with van der Waals surface area (Å²) >= 11 is 0. The summed E-state index contributed by atoms with van der Waals surface area (Å²) in [7, 11) is 0. The van der Waals surface area contributed by atoms with E-state index in [4.69, 9.17) is 0 Å². The van der Waals surface area contributed by atoms with Crippen LogP contribution in [0.25, 0.3) is 0 Å². The molecule has 0 radical (unpaired) electrons. The summed E-state index contributed by atoms with van der Waals surface area (Å²) in [6, 6.07) is 9.96. The van der Waals surface area contributed by atoms with Gasteiger partial charge in [-0.05, 0) is 18.4 Å². The van der Waals surface area contributed by atoms with Gasteiger partial charge in [0.2, 0.25) is 0 Å². The van der Waals surface area contributed by atoms with Crippen LogP contribution in [0.4, 0.5) is 0 Å². The number of rotatable bonds is 3. The fourth-order valence-corrected chi connectivity index (χ4v) is 2.18. The van der Waals surface area contributed by atoms with Gasteiger partial charge < -0.3 is 10.6 Å². The number of nitrogens with zero attached hydrogens (tertiary/aromatic N) is 1. The molecule has 1 atom stereocenters. The number of hydrogen-bond acceptors (Lipinski definition) is 1. The molecule has 0 aliphatic carbocycles. The molecule has 1 aliphatic rings. The molecule has 16 heavy (non-hydrogen) atoms. The Morgan fingerprint density at radius 2 is 1.88 bits per heavy atom. The van der Waals surface area contributed by atoms with Crippen LogP contribution in [0.15, 0.2) is 30.3 Å². The van der Waals surface area contributed by atoms with Gasteiger partial charge in [-0.3, -0.25) is 4.79 Å². The van der Waals surface area contributed by atoms with Gasteiger partial charge in [0.15, 0.2) is 6.04 Å². The lowest BCUT2D eigenvalue weighted by Crippen LogP contribution is -2.68. The summed E-state index contributed by atoms with van der Waals surface area (Å²) in [4.78, 5) is 14.0. The van der Waals surface area contributed by atoms with Crippen LogP contribution >= 0.6 is 0 Å². The van der Waals surface area contributed by atoms with Gasteiger partial charge >= 0.3 is 0 Å². The van der Waals surface area contributed by atoms with Crippen molar-refractivity contribution in [1.82, 2.24) is 4.90 Å². The first-order chi connectivity index (χ1) is 7.77. The van der Waals surface area contributed by atoms with Gasteiger partial charge in [0.25, 0.3) is 5.91 Å². The maximum atomic E-state index is 12.0. The molecule has 2 rings (SSSR count). The average Bonchev–Trinajstić information content (AvgIpc) is 2.83. The van der Waals surface area contributed by atoms with Crippen molar-refractivity contribution in [2.75, 3.05) is 13.1 Å². The molecule has 1 aromatic rings. The molecule has 1 amide bonds. The maximum absolute atomic E-state index is 12.0. The first kappa shape index (κ1) is 11.1. The van der Waals surface area contributed by atoms with Crippen molar-refractivity contribution in [3.8, 4) is 0 Å². The number of likely N-dealkylation sites (tertiary alicyclic amines) is 1. The molecule has 1 heterocycles. The standard InChI is InChI=1S/C13H18N2O/c14-12(10-11-6-2-1-3-7-11)13(16)15-8-4-5-9-15/h1-3,6-7,12H,4-5,8-10,14H2/p+1/t12-/m0/s1. The van der Waals surface area contributed by atoms with E-state index in [1.54, 1.807) is 0 Å². The minimum Gasteiger partial charge on any atom is -0.347 e. The Morgan fingerprint density at radius 3 is 2.50 bits per heavy atom. The van der Waals surface area contributed by atoms with E-state index in [9.17, 15) is 4.79 Å². The molecule has 3 heteroatoms. The monoisotopic (exact) mass is 219 g/mol. The quantitative estimate of drug-likeness (QED) is 0.789. The predicted molar refractivity (Wildman–Crippen MR) is 62.6 cm³/mol. The third-order valence-corrected chi connectivity index (χ3v) is 3.09. The number of hydrogen-bond donors (Lipinski definition) is 1. The maximum Gasteiger partial charge on any atom is 0.281 e. The zero-order valence-corrected chi connectivity index (χ0v) is 9.56. The molecule has 1 aliphatic heterocycles. The summed E-state index contributed by atoms with van der Waals surface area (Å²) in [6.07, 6.45) is 3.03. The fourth-order valence-electron chi connectivity index (χ4n) is 2.18. The van der Waals surface area contributed by atoms with E-state index in [0.717, 1.165) is 32.4 Å². The highest BCUT2D eigenvalue weighted by Gasteiger charge is 2.26. The largest absolute Gasteiger partial charge is 0.347 e. The molecular formula is C13H19N2O+. The summed E-state index contributed by atoms with van der Waals surface area (Å²) < 4.78 is 0. The number of amides is 1. The van der Waals surface area contributed by atoms with Crippen molar-refractivity contribution >= 4 is 5.91 Å². The van der Waals surface area contributed by atoms with Gasteiger partial charge in [-0.2, -0.15) is 0 Å². The smallest absolute Gasteiger partial charge is 0.281 e. The van der Waals surface area contributed by atoms with E-state index in [1.165, 1.54) is 5.56 Å². The zero-order valence-electron chi connectivity index (χ0n) is 9.56. The molecule has 0 spiro atoms. The number of carbonyl (C=O) groups excluding carboxylic acids is 1. The second kappa shape index (κ2) is 5.12. The van der Waals surface area contributed by atoms with Crippen LogP contribution < -0.4 is 5.73 Å². The van der Waals surface area contributed by atoms with Crippen molar-refractivity contribution < 1.29 is 10.5 Å². The normalized spacial score (nSPS) is 17.4. The lowest BCUT2D eigenvalue weighted by molar-refractivity contribution is -0.405.